The first kappa shape index (κ1) is 12.8. The molecule has 1 heteroatoms. The Hall–Kier alpha value is -1.86. The van der Waals surface area contributed by atoms with Crippen molar-refractivity contribution >= 4 is 6.08 Å². The van der Waals surface area contributed by atoms with Gasteiger partial charge in [0.05, 0.1) is 0 Å². The smallest absolute Gasteiger partial charge is 0.0199 e. The standard InChI is InChI=1S/C20H21N/c1-2-4-17(5-3-1)18-8-6-16(7-9-18)14-20-15-21-12-10-19(20)11-13-21/h1-9,14,19H,10-13,15H2/b20-14-. The molecule has 0 radical (unpaired) electrons. The zero-order valence-electron chi connectivity index (χ0n) is 12.3. The lowest BCUT2D eigenvalue weighted by Gasteiger charge is -2.41. The summed E-state index contributed by atoms with van der Waals surface area (Å²) in [6.07, 6.45) is 5.13. The Bertz CT molecular complexity index is 631. The van der Waals surface area contributed by atoms with Crippen LogP contribution in [0.25, 0.3) is 17.2 Å². The van der Waals surface area contributed by atoms with Crippen molar-refractivity contribution in [3.8, 4) is 11.1 Å². The molecule has 106 valence electrons. The quantitative estimate of drug-likeness (QED) is 0.782. The third kappa shape index (κ3) is 2.66. The van der Waals surface area contributed by atoms with Gasteiger partial charge in [-0.3, -0.25) is 4.90 Å². The van der Waals surface area contributed by atoms with Crippen LogP contribution in [0.2, 0.25) is 0 Å². The largest absolute Gasteiger partial charge is 0.299 e. The van der Waals surface area contributed by atoms with E-state index in [4.69, 9.17) is 0 Å². The lowest BCUT2D eigenvalue weighted by atomic mass is 9.83. The maximum atomic E-state index is 2.59. The van der Waals surface area contributed by atoms with Crippen LogP contribution in [0.1, 0.15) is 18.4 Å². The van der Waals surface area contributed by atoms with Gasteiger partial charge in [0.15, 0.2) is 0 Å². The molecule has 0 atom stereocenters. The fraction of sp³-hybridized carbons (Fsp3) is 0.300. The van der Waals surface area contributed by atoms with E-state index < -0.39 is 0 Å². The molecule has 0 aromatic heterocycles. The summed E-state index contributed by atoms with van der Waals surface area (Å²) >= 11 is 0. The molecule has 0 spiro atoms. The molecule has 3 heterocycles. The van der Waals surface area contributed by atoms with Crippen LogP contribution in [-0.2, 0) is 0 Å². The molecule has 0 amide bonds. The second-order valence-electron chi connectivity index (χ2n) is 6.26. The van der Waals surface area contributed by atoms with E-state index in [9.17, 15) is 0 Å². The molecular weight excluding hydrogens is 254 g/mol. The number of benzene rings is 2. The predicted octanol–water partition coefficient (Wildman–Crippen LogP) is 4.46. The molecule has 21 heavy (non-hydrogen) atoms. The second-order valence-corrected chi connectivity index (χ2v) is 6.26. The first-order chi connectivity index (χ1) is 10.4. The van der Waals surface area contributed by atoms with E-state index in [2.05, 4.69) is 65.6 Å². The normalized spacial score (nSPS) is 26.2. The first-order valence-corrected chi connectivity index (χ1v) is 7.97. The van der Waals surface area contributed by atoms with E-state index in [1.807, 2.05) is 0 Å². The van der Waals surface area contributed by atoms with Crippen molar-refractivity contribution in [2.24, 2.45) is 5.92 Å². The van der Waals surface area contributed by atoms with Gasteiger partial charge in [0.25, 0.3) is 0 Å². The van der Waals surface area contributed by atoms with Crippen molar-refractivity contribution in [1.29, 1.82) is 0 Å². The number of rotatable bonds is 2. The lowest BCUT2D eigenvalue weighted by Crippen LogP contribution is -2.42. The summed E-state index contributed by atoms with van der Waals surface area (Å²) in [7, 11) is 0. The van der Waals surface area contributed by atoms with Gasteiger partial charge in [0, 0.05) is 6.54 Å². The summed E-state index contributed by atoms with van der Waals surface area (Å²) in [6, 6.07) is 19.6. The molecule has 2 aromatic rings. The lowest BCUT2D eigenvalue weighted by molar-refractivity contribution is 0.163. The van der Waals surface area contributed by atoms with Gasteiger partial charge in [-0.2, -0.15) is 0 Å². The molecule has 3 aliphatic heterocycles. The molecule has 3 aliphatic rings. The van der Waals surface area contributed by atoms with Crippen molar-refractivity contribution < 1.29 is 0 Å². The molecule has 0 aliphatic carbocycles. The monoisotopic (exact) mass is 275 g/mol. The molecule has 0 unspecified atom stereocenters. The zero-order chi connectivity index (χ0) is 14.1. The van der Waals surface area contributed by atoms with Gasteiger partial charge in [-0.05, 0) is 48.5 Å². The maximum Gasteiger partial charge on any atom is 0.0199 e. The SMILES string of the molecule is C(=C1\CN2CCC1CC2)/c1ccc(-c2ccccc2)cc1. The summed E-state index contributed by atoms with van der Waals surface area (Å²) in [5.41, 5.74) is 5.57. The van der Waals surface area contributed by atoms with Gasteiger partial charge in [0.1, 0.15) is 0 Å². The third-order valence-electron chi connectivity index (χ3n) is 4.89. The van der Waals surface area contributed by atoms with Crippen molar-refractivity contribution in [2.45, 2.75) is 12.8 Å². The minimum absolute atomic E-state index is 0.837. The van der Waals surface area contributed by atoms with Crippen molar-refractivity contribution in [2.75, 3.05) is 19.6 Å². The fourth-order valence-corrected chi connectivity index (χ4v) is 3.63. The number of fused-ring (bicyclic) bond motifs is 3. The van der Waals surface area contributed by atoms with Crippen molar-refractivity contribution in [3.05, 3.63) is 65.7 Å². The molecule has 2 aromatic carbocycles. The first-order valence-electron chi connectivity index (χ1n) is 7.97. The number of nitrogens with zero attached hydrogens (tertiary/aromatic N) is 1. The topological polar surface area (TPSA) is 3.24 Å². The van der Waals surface area contributed by atoms with Crippen LogP contribution in [0.4, 0.5) is 0 Å². The van der Waals surface area contributed by atoms with Crippen LogP contribution < -0.4 is 0 Å². The van der Waals surface area contributed by atoms with Gasteiger partial charge >= 0.3 is 0 Å². The Morgan fingerprint density at radius 1 is 0.810 bits per heavy atom. The van der Waals surface area contributed by atoms with E-state index in [1.165, 1.54) is 49.2 Å². The summed E-state index contributed by atoms with van der Waals surface area (Å²) in [5.74, 6) is 0.837. The Labute approximate surface area is 126 Å². The summed E-state index contributed by atoms with van der Waals surface area (Å²) < 4.78 is 0. The molecule has 3 fully saturated rings. The van der Waals surface area contributed by atoms with Crippen LogP contribution in [0, 0.1) is 5.92 Å². The molecule has 2 bridgehead atoms. The molecule has 0 N–H and O–H groups in total. The second kappa shape index (κ2) is 5.50. The minimum Gasteiger partial charge on any atom is -0.299 e. The van der Waals surface area contributed by atoms with E-state index >= 15 is 0 Å². The highest BCUT2D eigenvalue weighted by Crippen LogP contribution is 2.33. The molecule has 1 nitrogen and oxygen atoms in total. The van der Waals surface area contributed by atoms with Crippen molar-refractivity contribution in [1.82, 2.24) is 4.90 Å². The van der Waals surface area contributed by atoms with Gasteiger partial charge in [-0.25, -0.2) is 0 Å². The van der Waals surface area contributed by atoms with Crippen LogP contribution in [0.5, 0.6) is 0 Å². The predicted molar refractivity (Wildman–Crippen MR) is 89.0 cm³/mol. The Morgan fingerprint density at radius 3 is 2.10 bits per heavy atom. The Morgan fingerprint density at radius 2 is 1.48 bits per heavy atom. The summed E-state index contributed by atoms with van der Waals surface area (Å²) in [5, 5.41) is 0. The van der Waals surface area contributed by atoms with E-state index in [1.54, 1.807) is 5.57 Å². The van der Waals surface area contributed by atoms with Gasteiger partial charge in [-0.15, -0.1) is 0 Å². The molecule has 0 saturated carbocycles. The fourth-order valence-electron chi connectivity index (χ4n) is 3.63. The average molecular weight is 275 g/mol. The average Bonchev–Trinajstić information content (AvgIpc) is 2.57. The Balaban J connectivity index is 1.57. The van der Waals surface area contributed by atoms with Gasteiger partial charge in [-0.1, -0.05) is 66.2 Å². The molecular formula is C20H21N. The van der Waals surface area contributed by atoms with E-state index in [0.717, 1.165) is 5.92 Å². The number of hydrogen-bond acceptors (Lipinski definition) is 1. The highest BCUT2D eigenvalue weighted by atomic mass is 15.1. The number of hydrogen-bond donors (Lipinski definition) is 0. The van der Waals surface area contributed by atoms with Crippen LogP contribution in [0.3, 0.4) is 0 Å². The van der Waals surface area contributed by atoms with Crippen LogP contribution >= 0.6 is 0 Å². The highest BCUT2D eigenvalue weighted by molar-refractivity contribution is 5.66. The third-order valence-corrected chi connectivity index (χ3v) is 4.89. The summed E-state index contributed by atoms with van der Waals surface area (Å²) in [4.78, 5) is 2.59. The van der Waals surface area contributed by atoms with E-state index in [0.29, 0.717) is 0 Å². The number of piperidine rings is 3. The van der Waals surface area contributed by atoms with Gasteiger partial charge in [0.2, 0.25) is 0 Å². The van der Waals surface area contributed by atoms with Crippen LogP contribution in [-0.4, -0.2) is 24.5 Å². The summed E-state index contributed by atoms with van der Waals surface area (Å²) in [6.45, 7) is 3.79. The van der Waals surface area contributed by atoms with E-state index in [-0.39, 0.29) is 0 Å². The zero-order valence-corrected chi connectivity index (χ0v) is 12.3. The molecule has 5 rings (SSSR count). The Kier molecular flexibility index (Phi) is 3.36. The van der Waals surface area contributed by atoms with Crippen molar-refractivity contribution in [3.63, 3.8) is 0 Å². The van der Waals surface area contributed by atoms with Crippen LogP contribution in [0.15, 0.2) is 60.2 Å². The minimum atomic E-state index is 0.837. The van der Waals surface area contributed by atoms with Gasteiger partial charge < -0.3 is 0 Å². The molecule has 3 saturated heterocycles. The highest BCUT2D eigenvalue weighted by Gasteiger charge is 2.29. The maximum absolute atomic E-state index is 2.59.